The van der Waals surface area contributed by atoms with E-state index in [0.717, 1.165) is 0 Å². The SMILES string of the molecule is CC1=C(c2c(F)cc(F)cc2F)COc2ccc(O)cc21. The molecule has 0 aliphatic carbocycles. The topological polar surface area (TPSA) is 29.5 Å². The quantitative estimate of drug-likeness (QED) is 0.856. The fourth-order valence-corrected chi connectivity index (χ4v) is 2.45. The number of hydrogen-bond donors (Lipinski definition) is 1. The van der Waals surface area contributed by atoms with Gasteiger partial charge in [0.15, 0.2) is 0 Å². The zero-order valence-corrected chi connectivity index (χ0v) is 11.1. The normalized spacial score (nSPS) is 13.9. The number of rotatable bonds is 1. The second kappa shape index (κ2) is 4.84. The van der Waals surface area contributed by atoms with E-state index >= 15 is 0 Å². The van der Waals surface area contributed by atoms with Gasteiger partial charge in [-0.3, -0.25) is 0 Å². The van der Waals surface area contributed by atoms with Crippen molar-refractivity contribution in [3.05, 3.63) is 58.9 Å². The summed E-state index contributed by atoms with van der Waals surface area (Å²) in [6.45, 7) is 1.65. The number of aromatic hydroxyl groups is 1. The second-order valence-corrected chi connectivity index (χ2v) is 4.82. The maximum atomic E-state index is 13.9. The summed E-state index contributed by atoms with van der Waals surface area (Å²) < 4.78 is 46.3. The molecule has 1 N–H and O–H groups in total. The van der Waals surface area contributed by atoms with E-state index in [-0.39, 0.29) is 17.9 Å². The van der Waals surface area contributed by atoms with Crippen LogP contribution >= 0.6 is 0 Å². The maximum absolute atomic E-state index is 13.9. The van der Waals surface area contributed by atoms with Crippen molar-refractivity contribution < 1.29 is 23.0 Å². The zero-order valence-electron chi connectivity index (χ0n) is 11.1. The molecule has 0 bridgehead atoms. The summed E-state index contributed by atoms with van der Waals surface area (Å²) in [4.78, 5) is 0. The molecule has 0 saturated carbocycles. The predicted octanol–water partition coefficient (Wildman–Crippen LogP) is 4.13. The van der Waals surface area contributed by atoms with Crippen molar-refractivity contribution in [2.75, 3.05) is 6.61 Å². The highest BCUT2D eigenvalue weighted by molar-refractivity contribution is 5.94. The molecule has 2 nitrogen and oxygen atoms in total. The Bertz CT molecular complexity index is 743. The third kappa shape index (κ3) is 2.24. The first kappa shape index (κ1) is 13.5. The summed E-state index contributed by atoms with van der Waals surface area (Å²) in [7, 11) is 0. The van der Waals surface area contributed by atoms with E-state index in [2.05, 4.69) is 0 Å². The lowest BCUT2D eigenvalue weighted by Gasteiger charge is -2.23. The molecule has 1 aliphatic heterocycles. The van der Waals surface area contributed by atoms with E-state index in [1.165, 1.54) is 12.1 Å². The molecule has 108 valence electrons. The van der Waals surface area contributed by atoms with E-state index in [9.17, 15) is 18.3 Å². The van der Waals surface area contributed by atoms with Gasteiger partial charge in [0.05, 0.1) is 5.56 Å². The number of phenols is 1. The summed E-state index contributed by atoms with van der Waals surface area (Å²) in [6, 6.07) is 5.79. The van der Waals surface area contributed by atoms with Gasteiger partial charge in [-0.2, -0.15) is 0 Å². The Morgan fingerprint density at radius 3 is 2.38 bits per heavy atom. The summed E-state index contributed by atoms with van der Waals surface area (Å²) in [5, 5.41) is 9.53. The molecule has 3 rings (SSSR count). The molecule has 0 aromatic heterocycles. The van der Waals surface area contributed by atoms with Crippen LogP contribution in [0.1, 0.15) is 18.1 Å². The van der Waals surface area contributed by atoms with Crippen molar-refractivity contribution in [3.8, 4) is 11.5 Å². The predicted molar refractivity (Wildman–Crippen MR) is 72.4 cm³/mol. The molecular formula is C16H11F3O2. The highest BCUT2D eigenvalue weighted by Crippen LogP contribution is 2.39. The molecule has 1 aliphatic rings. The van der Waals surface area contributed by atoms with Crippen molar-refractivity contribution in [1.29, 1.82) is 0 Å². The van der Waals surface area contributed by atoms with Crippen molar-refractivity contribution in [3.63, 3.8) is 0 Å². The van der Waals surface area contributed by atoms with Gasteiger partial charge >= 0.3 is 0 Å². The van der Waals surface area contributed by atoms with Crippen LogP contribution in [-0.4, -0.2) is 11.7 Å². The zero-order chi connectivity index (χ0) is 15.1. The van der Waals surface area contributed by atoms with Gasteiger partial charge in [0.25, 0.3) is 0 Å². The Morgan fingerprint density at radius 1 is 1.05 bits per heavy atom. The first-order chi connectivity index (χ1) is 9.97. The number of hydrogen-bond acceptors (Lipinski definition) is 2. The lowest BCUT2D eigenvalue weighted by atomic mass is 9.93. The van der Waals surface area contributed by atoms with Crippen molar-refractivity contribution in [1.82, 2.24) is 0 Å². The molecule has 2 aromatic rings. The van der Waals surface area contributed by atoms with E-state index in [1.54, 1.807) is 13.0 Å². The van der Waals surface area contributed by atoms with E-state index in [1.807, 2.05) is 0 Å². The van der Waals surface area contributed by atoms with Crippen molar-refractivity contribution >= 4 is 11.1 Å². The Kier molecular flexibility index (Phi) is 3.12. The molecule has 0 atom stereocenters. The minimum Gasteiger partial charge on any atom is -0.508 e. The van der Waals surface area contributed by atoms with Crippen LogP contribution in [0.2, 0.25) is 0 Å². The van der Waals surface area contributed by atoms with Crippen LogP contribution in [0.4, 0.5) is 13.2 Å². The molecule has 2 aromatic carbocycles. The molecule has 0 spiro atoms. The van der Waals surface area contributed by atoms with Crippen LogP contribution < -0.4 is 4.74 Å². The van der Waals surface area contributed by atoms with E-state index in [0.29, 0.717) is 34.6 Å². The Balaban J connectivity index is 2.22. The molecule has 0 unspecified atom stereocenters. The fourth-order valence-electron chi connectivity index (χ4n) is 2.45. The summed E-state index contributed by atoms with van der Waals surface area (Å²) in [6.07, 6.45) is 0. The minimum absolute atomic E-state index is 0.0247. The Hall–Kier alpha value is -2.43. The summed E-state index contributed by atoms with van der Waals surface area (Å²) in [5.74, 6) is -2.38. The lowest BCUT2D eigenvalue weighted by Crippen LogP contribution is -2.12. The van der Waals surface area contributed by atoms with Crippen LogP contribution in [0.25, 0.3) is 11.1 Å². The fraction of sp³-hybridized carbons (Fsp3) is 0.125. The van der Waals surface area contributed by atoms with Crippen LogP contribution in [0.15, 0.2) is 30.3 Å². The average Bonchev–Trinajstić information content (AvgIpc) is 2.41. The van der Waals surface area contributed by atoms with Gasteiger partial charge in [-0.25, -0.2) is 13.2 Å². The summed E-state index contributed by atoms with van der Waals surface area (Å²) in [5.41, 5.74) is 1.13. The van der Waals surface area contributed by atoms with Crippen LogP contribution in [-0.2, 0) is 0 Å². The van der Waals surface area contributed by atoms with Gasteiger partial charge in [0, 0.05) is 23.3 Å². The first-order valence-corrected chi connectivity index (χ1v) is 6.28. The molecule has 1 heterocycles. The van der Waals surface area contributed by atoms with E-state index < -0.39 is 17.5 Å². The Labute approximate surface area is 119 Å². The molecule has 0 radical (unpaired) electrons. The molecule has 5 heteroatoms. The average molecular weight is 292 g/mol. The monoisotopic (exact) mass is 292 g/mol. The van der Waals surface area contributed by atoms with Crippen molar-refractivity contribution in [2.24, 2.45) is 0 Å². The molecule has 0 saturated heterocycles. The van der Waals surface area contributed by atoms with Crippen LogP contribution in [0.5, 0.6) is 11.5 Å². The first-order valence-electron chi connectivity index (χ1n) is 6.28. The molecule has 0 amide bonds. The van der Waals surface area contributed by atoms with Gasteiger partial charge in [0.2, 0.25) is 0 Å². The minimum atomic E-state index is -0.978. The number of halogens is 3. The van der Waals surface area contributed by atoms with Gasteiger partial charge < -0.3 is 9.84 Å². The number of phenolic OH excluding ortho intramolecular Hbond substituents is 1. The molecule has 21 heavy (non-hydrogen) atoms. The molecular weight excluding hydrogens is 281 g/mol. The second-order valence-electron chi connectivity index (χ2n) is 4.82. The van der Waals surface area contributed by atoms with Crippen molar-refractivity contribution in [2.45, 2.75) is 6.92 Å². The third-order valence-corrected chi connectivity index (χ3v) is 3.50. The highest BCUT2D eigenvalue weighted by atomic mass is 19.1. The Morgan fingerprint density at radius 2 is 1.71 bits per heavy atom. The van der Waals surface area contributed by atoms with Gasteiger partial charge in [-0.05, 0) is 30.7 Å². The number of fused-ring (bicyclic) bond motifs is 1. The maximum Gasteiger partial charge on any atom is 0.136 e. The number of allylic oxidation sites excluding steroid dienone is 1. The number of ether oxygens (including phenoxy) is 1. The number of benzene rings is 2. The molecule has 0 fully saturated rings. The highest BCUT2D eigenvalue weighted by Gasteiger charge is 2.24. The van der Waals surface area contributed by atoms with Gasteiger partial charge in [-0.1, -0.05) is 0 Å². The standard InChI is InChI=1S/C16H11F3O2/c1-8-11-6-10(20)2-3-15(11)21-7-12(8)16-13(18)4-9(17)5-14(16)19/h2-6,20H,7H2,1H3. The van der Waals surface area contributed by atoms with Gasteiger partial charge in [-0.15, -0.1) is 0 Å². The smallest absolute Gasteiger partial charge is 0.136 e. The lowest BCUT2D eigenvalue weighted by molar-refractivity contribution is 0.361. The third-order valence-electron chi connectivity index (χ3n) is 3.50. The van der Waals surface area contributed by atoms with Gasteiger partial charge in [0.1, 0.15) is 35.6 Å². The van der Waals surface area contributed by atoms with Crippen LogP contribution in [0, 0.1) is 17.5 Å². The van der Waals surface area contributed by atoms with E-state index in [4.69, 9.17) is 4.74 Å². The largest absolute Gasteiger partial charge is 0.508 e. The van der Waals surface area contributed by atoms with Crippen LogP contribution in [0.3, 0.4) is 0 Å². The summed E-state index contributed by atoms with van der Waals surface area (Å²) >= 11 is 0.